The van der Waals surface area contributed by atoms with E-state index in [-0.39, 0.29) is 0 Å². The predicted octanol–water partition coefficient (Wildman–Crippen LogP) is 2.86. The number of ether oxygens (including phenoxy) is 1. The molecule has 0 aliphatic heterocycles. The molecule has 1 aromatic heterocycles. The molecule has 3 rings (SSSR count). The molecule has 0 spiro atoms. The van der Waals surface area contributed by atoms with Gasteiger partial charge >= 0.3 is 0 Å². The molecule has 0 atom stereocenters. The molecule has 4 nitrogen and oxygen atoms in total. The molecule has 0 aliphatic carbocycles. The SMILES string of the molecule is COc1cccc(CNCc2ccc3nc[nH]c3c2)c1. The van der Waals surface area contributed by atoms with E-state index in [0.29, 0.717) is 0 Å². The molecule has 0 saturated heterocycles. The van der Waals surface area contributed by atoms with Gasteiger partial charge in [-0.2, -0.15) is 0 Å². The van der Waals surface area contributed by atoms with E-state index in [0.717, 1.165) is 29.9 Å². The number of hydrogen-bond donors (Lipinski definition) is 2. The molecule has 102 valence electrons. The Morgan fingerprint density at radius 1 is 1.10 bits per heavy atom. The summed E-state index contributed by atoms with van der Waals surface area (Å²) in [6.07, 6.45) is 1.72. The van der Waals surface area contributed by atoms with Crippen LogP contribution in [0.5, 0.6) is 5.75 Å². The highest BCUT2D eigenvalue weighted by molar-refractivity contribution is 5.74. The highest BCUT2D eigenvalue weighted by atomic mass is 16.5. The van der Waals surface area contributed by atoms with Crippen molar-refractivity contribution < 1.29 is 4.74 Å². The third-order valence-electron chi connectivity index (χ3n) is 3.28. The average Bonchev–Trinajstić information content (AvgIpc) is 2.95. The van der Waals surface area contributed by atoms with Crippen LogP contribution in [0.25, 0.3) is 11.0 Å². The average molecular weight is 267 g/mol. The number of aromatic amines is 1. The lowest BCUT2D eigenvalue weighted by atomic mass is 10.2. The van der Waals surface area contributed by atoms with E-state index >= 15 is 0 Å². The Balaban J connectivity index is 1.61. The van der Waals surface area contributed by atoms with Gasteiger partial charge in [-0.1, -0.05) is 18.2 Å². The Labute approximate surface area is 117 Å². The van der Waals surface area contributed by atoms with Gasteiger partial charge in [-0.3, -0.25) is 0 Å². The van der Waals surface area contributed by atoms with Crippen molar-refractivity contribution >= 4 is 11.0 Å². The zero-order valence-corrected chi connectivity index (χ0v) is 11.4. The molecule has 1 heterocycles. The van der Waals surface area contributed by atoms with Crippen molar-refractivity contribution in [2.24, 2.45) is 0 Å². The van der Waals surface area contributed by atoms with Crippen molar-refractivity contribution in [1.82, 2.24) is 15.3 Å². The fourth-order valence-electron chi connectivity index (χ4n) is 2.23. The van der Waals surface area contributed by atoms with Crippen LogP contribution in [-0.4, -0.2) is 17.1 Å². The molecule has 0 bridgehead atoms. The van der Waals surface area contributed by atoms with E-state index in [9.17, 15) is 0 Å². The number of fused-ring (bicyclic) bond motifs is 1. The number of hydrogen-bond acceptors (Lipinski definition) is 3. The summed E-state index contributed by atoms with van der Waals surface area (Å²) >= 11 is 0. The maximum absolute atomic E-state index is 5.22. The first-order valence-corrected chi connectivity index (χ1v) is 6.61. The smallest absolute Gasteiger partial charge is 0.119 e. The molecule has 0 aliphatic rings. The summed E-state index contributed by atoms with van der Waals surface area (Å²) in [5.74, 6) is 0.892. The Hall–Kier alpha value is -2.33. The minimum Gasteiger partial charge on any atom is -0.497 e. The standard InChI is InChI=1S/C16H17N3O/c1-20-14-4-2-3-12(7-14)9-17-10-13-5-6-15-16(8-13)19-11-18-15/h2-8,11,17H,9-10H2,1H3,(H,18,19). The van der Waals surface area contributed by atoms with Crippen molar-refractivity contribution in [3.8, 4) is 5.75 Å². The van der Waals surface area contributed by atoms with Gasteiger partial charge in [0.2, 0.25) is 0 Å². The van der Waals surface area contributed by atoms with Gasteiger partial charge in [0.05, 0.1) is 24.5 Å². The first-order valence-electron chi connectivity index (χ1n) is 6.61. The van der Waals surface area contributed by atoms with E-state index in [1.807, 2.05) is 24.3 Å². The summed E-state index contributed by atoms with van der Waals surface area (Å²) in [4.78, 5) is 7.34. The minimum atomic E-state index is 0.818. The van der Waals surface area contributed by atoms with Crippen LogP contribution in [-0.2, 0) is 13.1 Å². The number of imidazole rings is 1. The molecule has 0 radical (unpaired) electrons. The highest BCUT2D eigenvalue weighted by Gasteiger charge is 1.99. The van der Waals surface area contributed by atoms with Gasteiger partial charge in [-0.25, -0.2) is 4.98 Å². The summed E-state index contributed by atoms with van der Waals surface area (Å²) < 4.78 is 5.22. The summed E-state index contributed by atoms with van der Waals surface area (Å²) in [6.45, 7) is 1.64. The lowest BCUT2D eigenvalue weighted by molar-refractivity contribution is 0.414. The molecule has 4 heteroatoms. The van der Waals surface area contributed by atoms with Gasteiger partial charge < -0.3 is 15.0 Å². The predicted molar refractivity (Wildman–Crippen MR) is 79.6 cm³/mol. The topological polar surface area (TPSA) is 49.9 Å². The largest absolute Gasteiger partial charge is 0.497 e. The second-order valence-corrected chi connectivity index (χ2v) is 4.71. The van der Waals surface area contributed by atoms with Crippen LogP contribution in [0.1, 0.15) is 11.1 Å². The second kappa shape index (κ2) is 5.75. The summed E-state index contributed by atoms with van der Waals surface area (Å²) in [7, 11) is 1.69. The summed E-state index contributed by atoms with van der Waals surface area (Å²) in [5.41, 5.74) is 4.53. The van der Waals surface area contributed by atoms with E-state index in [2.05, 4.69) is 33.5 Å². The van der Waals surface area contributed by atoms with Crippen molar-refractivity contribution in [3.05, 3.63) is 59.9 Å². The van der Waals surface area contributed by atoms with Gasteiger partial charge in [-0.05, 0) is 35.4 Å². The molecule has 2 aromatic carbocycles. The number of rotatable bonds is 5. The Morgan fingerprint density at radius 2 is 1.95 bits per heavy atom. The lowest BCUT2D eigenvalue weighted by Crippen LogP contribution is -2.12. The zero-order valence-electron chi connectivity index (χ0n) is 11.4. The Bertz CT molecular complexity index is 706. The maximum atomic E-state index is 5.22. The van der Waals surface area contributed by atoms with E-state index in [1.165, 1.54) is 11.1 Å². The monoisotopic (exact) mass is 267 g/mol. The zero-order chi connectivity index (χ0) is 13.8. The van der Waals surface area contributed by atoms with E-state index in [4.69, 9.17) is 4.74 Å². The van der Waals surface area contributed by atoms with Gasteiger partial charge in [0, 0.05) is 13.1 Å². The highest BCUT2D eigenvalue weighted by Crippen LogP contribution is 2.13. The Morgan fingerprint density at radius 3 is 2.80 bits per heavy atom. The molecule has 2 N–H and O–H groups in total. The quantitative estimate of drug-likeness (QED) is 0.747. The number of methoxy groups -OCH3 is 1. The number of H-pyrrole nitrogens is 1. The molecule has 0 fully saturated rings. The summed E-state index contributed by atoms with van der Waals surface area (Å²) in [6, 6.07) is 14.4. The third-order valence-corrected chi connectivity index (χ3v) is 3.28. The van der Waals surface area contributed by atoms with Gasteiger partial charge in [-0.15, -0.1) is 0 Å². The Kier molecular flexibility index (Phi) is 3.65. The number of nitrogens with zero attached hydrogens (tertiary/aromatic N) is 1. The first-order chi connectivity index (χ1) is 9.85. The fourth-order valence-corrected chi connectivity index (χ4v) is 2.23. The fraction of sp³-hybridized carbons (Fsp3) is 0.188. The normalized spacial score (nSPS) is 10.8. The molecule has 20 heavy (non-hydrogen) atoms. The molecule has 0 amide bonds. The van der Waals surface area contributed by atoms with Gasteiger partial charge in [0.1, 0.15) is 5.75 Å². The molecule has 3 aromatic rings. The molecule has 0 saturated carbocycles. The van der Waals surface area contributed by atoms with Crippen LogP contribution in [0.15, 0.2) is 48.8 Å². The van der Waals surface area contributed by atoms with E-state index < -0.39 is 0 Å². The van der Waals surface area contributed by atoms with E-state index in [1.54, 1.807) is 13.4 Å². The van der Waals surface area contributed by atoms with Crippen LogP contribution >= 0.6 is 0 Å². The minimum absolute atomic E-state index is 0.818. The maximum Gasteiger partial charge on any atom is 0.119 e. The summed E-state index contributed by atoms with van der Waals surface area (Å²) in [5, 5.41) is 3.44. The third kappa shape index (κ3) is 2.81. The van der Waals surface area contributed by atoms with Crippen molar-refractivity contribution in [2.75, 3.05) is 7.11 Å². The van der Waals surface area contributed by atoms with Gasteiger partial charge in [0.25, 0.3) is 0 Å². The number of benzene rings is 2. The molecular formula is C16H17N3O. The molecule has 0 unspecified atom stereocenters. The van der Waals surface area contributed by atoms with Crippen LogP contribution in [0, 0.1) is 0 Å². The number of nitrogens with one attached hydrogen (secondary N) is 2. The van der Waals surface area contributed by atoms with Crippen LogP contribution in [0.2, 0.25) is 0 Å². The number of aromatic nitrogens is 2. The van der Waals surface area contributed by atoms with Crippen molar-refractivity contribution in [2.45, 2.75) is 13.1 Å². The lowest BCUT2D eigenvalue weighted by Gasteiger charge is -2.07. The van der Waals surface area contributed by atoms with Crippen molar-refractivity contribution in [3.63, 3.8) is 0 Å². The first kappa shape index (κ1) is 12.7. The van der Waals surface area contributed by atoms with Crippen LogP contribution < -0.4 is 10.1 Å². The van der Waals surface area contributed by atoms with Gasteiger partial charge in [0.15, 0.2) is 0 Å². The molecular weight excluding hydrogens is 250 g/mol. The second-order valence-electron chi connectivity index (χ2n) is 4.71. The van der Waals surface area contributed by atoms with Crippen LogP contribution in [0.4, 0.5) is 0 Å². The van der Waals surface area contributed by atoms with Crippen molar-refractivity contribution in [1.29, 1.82) is 0 Å². The van der Waals surface area contributed by atoms with Crippen LogP contribution in [0.3, 0.4) is 0 Å².